The zero-order valence-corrected chi connectivity index (χ0v) is 44.6. The quantitative estimate of drug-likeness (QED) is 0.0908. The summed E-state index contributed by atoms with van der Waals surface area (Å²) >= 11 is 0. The minimum absolute atomic E-state index is 0.107. The summed E-state index contributed by atoms with van der Waals surface area (Å²) in [4.78, 5) is 50.6. The van der Waals surface area contributed by atoms with E-state index in [2.05, 4.69) is 81.1 Å². The highest BCUT2D eigenvalue weighted by molar-refractivity contribution is 6.40. The van der Waals surface area contributed by atoms with Gasteiger partial charge in [0, 0.05) is 53.2 Å². The number of likely N-dealkylation sites (N-methyl/N-ethyl adjacent to an activating group) is 1. The summed E-state index contributed by atoms with van der Waals surface area (Å²) in [5.74, 6) is 0.867. The lowest BCUT2D eigenvalue weighted by Gasteiger charge is -2.36. The average molecular weight is 939 g/mol. The molecule has 1 aliphatic heterocycles. The maximum Gasteiger partial charge on any atom is 0.230 e. The number of benzene rings is 3. The van der Waals surface area contributed by atoms with Gasteiger partial charge in [0.25, 0.3) is 0 Å². The highest BCUT2D eigenvalue weighted by atomic mass is 16.5. The van der Waals surface area contributed by atoms with Gasteiger partial charge in [-0.15, -0.1) is 0 Å². The Morgan fingerprint density at radius 1 is 0.797 bits per heavy atom. The van der Waals surface area contributed by atoms with Crippen LogP contribution < -0.4 is 25.0 Å². The van der Waals surface area contributed by atoms with Gasteiger partial charge in [-0.1, -0.05) is 93.5 Å². The van der Waals surface area contributed by atoms with Gasteiger partial charge >= 0.3 is 0 Å². The van der Waals surface area contributed by atoms with Gasteiger partial charge in [-0.2, -0.15) is 0 Å². The first-order valence-corrected chi connectivity index (χ1v) is 24.7. The zero-order valence-electron chi connectivity index (χ0n) is 44.6. The van der Waals surface area contributed by atoms with Crippen molar-refractivity contribution < 1.29 is 29.0 Å². The van der Waals surface area contributed by atoms with Crippen molar-refractivity contribution in [3.8, 4) is 11.5 Å². The summed E-state index contributed by atoms with van der Waals surface area (Å²) in [5, 5.41) is 18.8. The maximum atomic E-state index is 15.0. The maximum absolute atomic E-state index is 15.0. The number of hydrogen-bond acceptors (Lipinski definition) is 8. The lowest BCUT2D eigenvalue weighted by Crippen LogP contribution is -2.39. The van der Waals surface area contributed by atoms with E-state index < -0.39 is 10.8 Å². The molecule has 1 unspecified atom stereocenters. The molecule has 6 rings (SSSR count). The van der Waals surface area contributed by atoms with Crippen molar-refractivity contribution in [2.45, 2.75) is 141 Å². The molecule has 370 valence electrons. The second-order valence-corrected chi connectivity index (χ2v) is 22.5. The highest BCUT2D eigenvalue weighted by Gasteiger charge is 2.46. The van der Waals surface area contributed by atoms with Gasteiger partial charge in [0.2, 0.25) is 17.6 Å². The predicted octanol–water partition coefficient (Wildman–Crippen LogP) is 12.6. The second kappa shape index (κ2) is 19.8. The number of nitrogens with zero attached hydrogens (tertiary/aromatic N) is 2. The Morgan fingerprint density at radius 3 is 1.81 bits per heavy atom. The monoisotopic (exact) mass is 939 g/mol. The molecule has 2 aliphatic carbocycles. The molecular formula is C59H78N4O6. The van der Waals surface area contributed by atoms with Crippen molar-refractivity contribution in [2.24, 2.45) is 27.2 Å². The van der Waals surface area contributed by atoms with Crippen LogP contribution in [0.4, 0.5) is 11.4 Å². The molecule has 3 aliphatic rings. The standard InChI is InChI=1S/C59H78N4O6/c1-34(2)58(12,13)42-30-40(44(32-46(42)60-16)61-54(66)56(8,9)24-18-26-68-48-28-35(3)20-22-37(48)5)50-52(64)51(53(50)65)41-31-43-47(63(17)39(7)59(43,14)15)33-45(41)62-55(67)57(10,11)25-19-27-69-49-29-36(4)21-23-38(49)6/h20-23,28-34,39,64H,18-19,24-27H2,1-17H3,(H,61,66)(H,62,67)/b50-40+,60-46?. The molecule has 0 radical (unpaired) electrons. The molecule has 3 aromatic carbocycles. The van der Waals surface area contributed by atoms with Crippen molar-refractivity contribution in [3.63, 3.8) is 0 Å². The number of carbonyl (C=O) groups excluding carboxylic acids is 3. The Morgan fingerprint density at radius 2 is 1.32 bits per heavy atom. The Labute approximate surface area is 412 Å². The number of aliphatic hydroxyl groups excluding tert-OH is 1. The number of ketones is 1. The molecule has 0 aromatic heterocycles. The number of rotatable bonds is 17. The number of aryl methyl sites for hydroxylation is 4. The summed E-state index contributed by atoms with van der Waals surface area (Å²) < 4.78 is 12.3. The number of carbonyl (C=O) groups is 3. The number of nitrogens with one attached hydrogen (secondary N) is 2. The minimum atomic E-state index is -0.811. The number of hydrogen-bond donors (Lipinski definition) is 3. The topological polar surface area (TPSA) is 130 Å². The van der Waals surface area contributed by atoms with Crippen molar-refractivity contribution in [2.75, 3.05) is 37.5 Å². The molecule has 10 heteroatoms. The lowest BCUT2D eigenvalue weighted by molar-refractivity contribution is -0.129. The summed E-state index contributed by atoms with van der Waals surface area (Å²) in [6.45, 7) is 31.8. The number of anilines is 2. The lowest BCUT2D eigenvalue weighted by atomic mass is 9.69. The third-order valence-corrected chi connectivity index (χ3v) is 15.6. The van der Waals surface area contributed by atoms with Gasteiger partial charge in [0.05, 0.1) is 41.5 Å². The molecule has 0 fully saturated rings. The van der Waals surface area contributed by atoms with Crippen LogP contribution >= 0.6 is 0 Å². The van der Waals surface area contributed by atoms with Crippen LogP contribution in [0.15, 0.2) is 93.9 Å². The van der Waals surface area contributed by atoms with Crippen molar-refractivity contribution in [3.05, 3.63) is 122 Å². The van der Waals surface area contributed by atoms with E-state index in [1.165, 1.54) is 0 Å². The molecule has 0 bridgehead atoms. The van der Waals surface area contributed by atoms with Crippen LogP contribution in [0.5, 0.6) is 11.5 Å². The molecule has 2 amide bonds. The molecular weight excluding hydrogens is 861 g/mol. The number of fused-ring (bicyclic) bond motifs is 1. The van der Waals surface area contributed by atoms with E-state index >= 15 is 4.79 Å². The number of amides is 2. The third kappa shape index (κ3) is 10.5. The Hall–Kier alpha value is -5.90. The van der Waals surface area contributed by atoms with E-state index in [0.717, 1.165) is 50.6 Å². The molecule has 0 spiro atoms. The fourth-order valence-electron chi connectivity index (χ4n) is 9.37. The molecule has 69 heavy (non-hydrogen) atoms. The Kier molecular flexibility index (Phi) is 15.1. The first-order valence-electron chi connectivity index (χ1n) is 24.7. The van der Waals surface area contributed by atoms with E-state index in [9.17, 15) is 14.7 Å². The van der Waals surface area contributed by atoms with E-state index in [0.29, 0.717) is 67.1 Å². The summed E-state index contributed by atoms with van der Waals surface area (Å²) in [6.07, 6.45) is 6.14. The summed E-state index contributed by atoms with van der Waals surface area (Å²) in [6, 6.07) is 16.3. The SMILES string of the molecule is CN=C1C=C(NC(=O)C(C)(C)CCCOc2cc(C)ccc2C)/C(=C2/C(=O)C(c3cc4c(cc3NC(=O)C(C)(C)CCCOc3cc(C)ccc3C)N(C)C(C)C4(C)C)=C2O)C=C1C(C)(C)C(C)C. The molecule has 10 nitrogen and oxygen atoms in total. The average Bonchev–Trinajstić information content (AvgIpc) is 3.44. The van der Waals surface area contributed by atoms with Crippen molar-refractivity contribution >= 4 is 40.3 Å². The van der Waals surface area contributed by atoms with Gasteiger partial charge in [-0.3, -0.25) is 19.4 Å². The number of aliphatic hydroxyl groups is 1. The van der Waals surface area contributed by atoms with Crippen LogP contribution in [-0.2, 0) is 19.8 Å². The first-order chi connectivity index (χ1) is 32.1. The number of Topliss-reactive ketones (excluding diaryl/α,β-unsaturated/α-hetero) is 1. The number of allylic oxidation sites excluding steroid dienone is 5. The van der Waals surface area contributed by atoms with Crippen LogP contribution in [-0.4, -0.2) is 61.8 Å². The Bertz CT molecular complexity index is 2700. The molecule has 0 saturated heterocycles. The first kappa shape index (κ1) is 52.5. The number of ether oxygens (including phenoxy) is 2. The fraction of sp³-hybridized carbons (Fsp3) is 0.492. The van der Waals surface area contributed by atoms with Crippen LogP contribution in [0.1, 0.15) is 135 Å². The van der Waals surface area contributed by atoms with Crippen LogP contribution in [0.3, 0.4) is 0 Å². The fourth-order valence-corrected chi connectivity index (χ4v) is 9.37. The third-order valence-electron chi connectivity index (χ3n) is 15.6. The van der Waals surface area contributed by atoms with Gasteiger partial charge in [-0.25, -0.2) is 0 Å². The molecule has 1 atom stereocenters. The molecule has 1 heterocycles. The van der Waals surface area contributed by atoms with Gasteiger partial charge < -0.3 is 30.1 Å². The van der Waals surface area contributed by atoms with Gasteiger partial charge in [-0.05, 0) is 141 Å². The van der Waals surface area contributed by atoms with Crippen LogP contribution in [0.25, 0.3) is 5.57 Å². The molecule has 0 saturated carbocycles. The zero-order chi connectivity index (χ0) is 51.1. The van der Waals surface area contributed by atoms with E-state index in [1.807, 2.05) is 111 Å². The van der Waals surface area contributed by atoms with Crippen molar-refractivity contribution in [1.82, 2.24) is 5.32 Å². The normalized spacial score (nSPS) is 18.8. The van der Waals surface area contributed by atoms with Crippen LogP contribution in [0.2, 0.25) is 0 Å². The van der Waals surface area contributed by atoms with E-state index in [1.54, 1.807) is 7.05 Å². The predicted molar refractivity (Wildman–Crippen MR) is 283 cm³/mol. The van der Waals surface area contributed by atoms with E-state index in [-0.39, 0.29) is 57.3 Å². The van der Waals surface area contributed by atoms with Gasteiger partial charge in [0.1, 0.15) is 17.3 Å². The van der Waals surface area contributed by atoms with Crippen molar-refractivity contribution in [1.29, 1.82) is 0 Å². The second-order valence-electron chi connectivity index (χ2n) is 22.5. The van der Waals surface area contributed by atoms with E-state index in [4.69, 9.17) is 9.47 Å². The largest absolute Gasteiger partial charge is 0.506 e. The van der Waals surface area contributed by atoms with Gasteiger partial charge in [0.15, 0.2) is 0 Å². The summed E-state index contributed by atoms with van der Waals surface area (Å²) in [5.41, 5.74) is 7.55. The smallest absolute Gasteiger partial charge is 0.230 e. The highest BCUT2D eigenvalue weighted by Crippen LogP contribution is 2.51. The van der Waals surface area contributed by atoms with Crippen LogP contribution in [0, 0.1) is 49.9 Å². The minimum Gasteiger partial charge on any atom is -0.506 e. The Balaban J connectivity index is 1.35. The molecule has 3 N–H and O–H groups in total. The summed E-state index contributed by atoms with van der Waals surface area (Å²) in [7, 11) is 3.77. The molecule has 3 aromatic rings. The number of aliphatic imine (C=N–C) groups is 1.